The molecule has 0 aromatic carbocycles. The third-order valence-corrected chi connectivity index (χ3v) is 9.97. The Hall–Kier alpha value is 1.30. The van der Waals surface area contributed by atoms with Crippen LogP contribution in [0.4, 0.5) is 0 Å². The van der Waals surface area contributed by atoms with Crippen LogP contribution in [0, 0.1) is 0 Å². The van der Waals surface area contributed by atoms with Crippen LogP contribution in [-0.4, -0.2) is 32.0 Å². The van der Waals surface area contributed by atoms with Gasteiger partial charge in [0.1, 0.15) is 0 Å². The molecule has 0 aromatic rings. The van der Waals surface area contributed by atoms with E-state index in [9.17, 15) is 0 Å². The van der Waals surface area contributed by atoms with Gasteiger partial charge in [-0.1, -0.05) is 0 Å². The molecular weight excluding hydrogens is 406 g/mol. The molecule has 0 amide bonds. The Morgan fingerprint density at radius 1 is 1.29 bits per heavy atom. The van der Waals surface area contributed by atoms with Crippen molar-refractivity contribution in [2.45, 2.75) is 30.8 Å². The summed E-state index contributed by atoms with van der Waals surface area (Å²) < 4.78 is 1.79. The van der Waals surface area contributed by atoms with E-state index in [0.717, 1.165) is 0 Å². The van der Waals surface area contributed by atoms with E-state index >= 15 is 0 Å². The number of nitrogens with one attached hydrogen (secondary N) is 4. The van der Waals surface area contributed by atoms with E-state index in [1.807, 2.05) is 14.1 Å². The van der Waals surface area contributed by atoms with Crippen molar-refractivity contribution < 1.29 is 21.2 Å². The molecule has 1 aliphatic heterocycles. The monoisotopic (exact) mass is 423 g/mol. The van der Waals surface area contributed by atoms with Gasteiger partial charge in [0.2, 0.25) is 0 Å². The molecule has 1 aliphatic carbocycles. The average Bonchev–Trinajstić information content (AvgIpc) is 2.97. The average molecular weight is 423 g/mol. The molecular formula is C8H17I2N4-. The minimum absolute atomic E-state index is 0.180. The van der Waals surface area contributed by atoms with Crippen LogP contribution in [0.15, 0.2) is 0 Å². The SMILES string of the molecule is CNC1NC(NC)[I-]C2(CC2)C(I)N1. The molecule has 84 valence electrons. The van der Waals surface area contributed by atoms with Gasteiger partial charge in [0, 0.05) is 0 Å². The summed E-state index contributed by atoms with van der Waals surface area (Å²) in [5, 5.41) is 13.8. The first kappa shape index (κ1) is 11.8. The zero-order valence-corrected chi connectivity index (χ0v) is 12.7. The number of hydrogen-bond acceptors (Lipinski definition) is 4. The maximum absolute atomic E-state index is 3.60. The van der Waals surface area contributed by atoms with Gasteiger partial charge in [0.15, 0.2) is 0 Å². The molecule has 4 N–H and O–H groups in total. The number of halogens is 2. The van der Waals surface area contributed by atoms with Gasteiger partial charge < -0.3 is 0 Å². The molecule has 14 heavy (non-hydrogen) atoms. The number of alkyl halides is 3. The van der Waals surface area contributed by atoms with Crippen LogP contribution < -0.4 is 42.5 Å². The van der Waals surface area contributed by atoms with E-state index in [4.69, 9.17) is 0 Å². The minimum atomic E-state index is 0.180. The molecule has 4 nitrogen and oxygen atoms in total. The molecule has 2 fully saturated rings. The molecule has 1 saturated carbocycles. The van der Waals surface area contributed by atoms with Gasteiger partial charge in [-0.15, -0.1) is 0 Å². The summed E-state index contributed by atoms with van der Waals surface area (Å²) in [6.45, 7) is 0. The summed E-state index contributed by atoms with van der Waals surface area (Å²) in [4.78, 5) is 0. The standard InChI is InChI=1S/C8H17I2N4/c1-11-6-10-8(3-4-8)5(9)13-7(12-2)14-6/h5-7,11-14H,3-4H2,1-2H3/q-1. The van der Waals surface area contributed by atoms with Crippen molar-refractivity contribution in [3.05, 3.63) is 0 Å². The molecule has 1 saturated heterocycles. The van der Waals surface area contributed by atoms with Gasteiger partial charge >= 0.3 is 110 Å². The van der Waals surface area contributed by atoms with Gasteiger partial charge in [-0.25, -0.2) is 0 Å². The molecule has 1 spiro atoms. The fourth-order valence-corrected chi connectivity index (χ4v) is 6.95. The van der Waals surface area contributed by atoms with Crippen molar-refractivity contribution in [2.75, 3.05) is 14.1 Å². The molecule has 1 heterocycles. The van der Waals surface area contributed by atoms with Crippen LogP contribution >= 0.6 is 22.6 Å². The Kier molecular flexibility index (Phi) is 3.92. The van der Waals surface area contributed by atoms with E-state index in [1.54, 1.807) is 0 Å². The second-order valence-electron chi connectivity index (χ2n) is 3.71. The Balaban J connectivity index is 2.05. The van der Waals surface area contributed by atoms with Crippen LogP contribution in [0.5, 0.6) is 0 Å². The van der Waals surface area contributed by atoms with E-state index in [2.05, 4.69) is 43.9 Å². The van der Waals surface area contributed by atoms with E-state index in [-0.39, 0.29) is 27.5 Å². The summed E-state index contributed by atoms with van der Waals surface area (Å²) >= 11 is 2.74. The molecule has 2 rings (SSSR count). The first-order valence-corrected chi connectivity index (χ1v) is 8.42. The Bertz CT molecular complexity index is 210. The van der Waals surface area contributed by atoms with Crippen molar-refractivity contribution in [1.82, 2.24) is 21.3 Å². The van der Waals surface area contributed by atoms with Crippen molar-refractivity contribution in [3.8, 4) is 0 Å². The third kappa shape index (κ3) is 2.34. The first-order valence-electron chi connectivity index (χ1n) is 4.85. The Labute approximate surface area is 109 Å². The summed E-state index contributed by atoms with van der Waals surface area (Å²) in [7, 11) is 4.04. The normalized spacial score (nSPS) is 41.5. The fourth-order valence-electron chi connectivity index (χ4n) is 1.58. The predicted octanol–water partition coefficient (Wildman–Crippen LogP) is -3.43. The molecule has 3 unspecified atom stereocenters. The van der Waals surface area contributed by atoms with E-state index < -0.39 is 0 Å². The van der Waals surface area contributed by atoms with Crippen molar-refractivity contribution in [2.24, 2.45) is 0 Å². The molecule has 0 aromatic heterocycles. The predicted molar refractivity (Wildman–Crippen MR) is 61.7 cm³/mol. The molecule has 3 atom stereocenters. The van der Waals surface area contributed by atoms with Gasteiger partial charge in [-0.3, -0.25) is 0 Å². The topological polar surface area (TPSA) is 48.1 Å². The molecule has 6 heteroatoms. The summed E-state index contributed by atoms with van der Waals surface area (Å²) in [5.74, 6) is 0. The molecule has 0 radical (unpaired) electrons. The number of hydrogen-bond donors (Lipinski definition) is 4. The maximum atomic E-state index is 3.60. The summed E-state index contributed by atoms with van der Waals surface area (Å²) in [6.07, 6.45) is 3.07. The quantitative estimate of drug-likeness (QED) is 0.212. The van der Waals surface area contributed by atoms with Gasteiger partial charge in [-0.2, -0.15) is 0 Å². The second-order valence-corrected chi connectivity index (χ2v) is 8.98. The van der Waals surface area contributed by atoms with Crippen molar-refractivity contribution in [1.29, 1.82) is 0 Å². The van der Waals surface area contributed by atoms with Crippen molar-refractivity contribution >= 4 is 22.6 Å². The van der Waals surface area contributed by atoms with Crippen LogP contribution in [0.3, 0.4) is 0 Å². The van der Waals surface area contributed by atoms with Gasteiger partial charge in [-0.05, 0) is 0 Å². The zero-order valence-electron chi connectivity index (χ0n) is 8.40. The molecule has 0 bridgehead atoms. The van der Waals surface area contributed by atoms with Crippen LogP contribution in [-0.2, 0) is 0 Å². The van der Waals surface area contributed by atoms with Crippen LogP contribution in [0.2, 0.25) is 0 Å². The Morgan fingerprint density at radius 3 is 2.50 bits per heavy atom. The summed E-state index contributed by atoms with van der Waals surface area (Å²) in [6, 6.07) is 0. The number of rotatable bonds is 2. The zero-order chi connectivity index (χ0) is 10.2. The van der Waals surface area contributed by atoms with Crippen molar-refractivity contribution in [3.63, 3.8) is 0 Å². The molecule has 2 aliphatic rings. The van der Waals surface area contributed by atoms with E-state index in [1.165, 1.54) is 12.8 Å². The third-order valence-electron chi connectivity index (χ3n) is 2.68. The Morgan fingerprint density at radius 2 is 2.00 bits per heavy atom. The first-order chi connectivity index (χ1) is 6.70. The van der Waals surface area contributed by atoms with Crippen LogP contribution in [0.25, 0.3) is 0 Å². The van der Waals surface area contributed by atoms with Gasteiger partial charge in [0.25, 0.3) is 0 Å². The fraction of sp³-hybridized carbons (Fsp3) is 1.00. The van der Waals surface area contributed by atoms with Gasteiger partial charge in [0.05, 0.1) is 0 Å². The summed E-state index contributed by atoms with van der Waals surface area (Å²) in [5.41, 5.74) is 0. The van der Waals surface area contributed by atoms with Crippen LogP contribution in [0.1, 0.15) is 12.8 Å². The van der Waals surface area contributed by atoms with E-state index in [0.29, 0.717) is 11.6 Å². The second kappa shape index (κ2) is 4.66.